The predicted octanol–water partition coefficient (Wildman–Crippen LogP) is 5.01. The Morgan fingerprint density at radius 3 is 2.43 bits per heavy atom. The molecule has 3 aromatic rings. The van der Waals surface area contributed by atoms with E-state index in [-0.39, 0.29) is 35.3 Å². The molecule has 3 amide bonds. The van der Waals surface area contributed by atoms with Crippen LogP contribution in [0.3, 0.4) is 0 Å². The average molecular weight is 631 g/mol. The van der Waals surface area contributed by atoms with Gasteiger partial charge < -0.3 is 24.7 Å². The first-order valence-electron chi connectivity index (χ1n) is 16.6. The van der Waals surface area contributed by atoms with Crippen molar-refractivity contribution < 1.29 is 23.5 Å². The number of amides is 3. The topological polar surface area (TPSA) is 140 Å². The summed E-state index contributed by atoms with van der Waals surface area (Å²) in [5.74, 6) is 0.199. The summed E-state index contributed by atoms with van der Waals surface area (Å²) in [6.07, 6.45) is 10.4. The van der Waals surface area contributed by atoms with Gasteiger partial charge >= 0.3 is 6.03 Å². The minimum absolute atomic E-state index is 0.127. The first-order chi connectivity index (χ1) is 22.4. The highest BCUT2D eigenvalue weighted by molar-refractivity contribution is 6.01. The molecule has 2 aromatic heterocycles. The molecule has 1 aliphatic heterocycles. The second kappa shape index (κ2) is 16.4. The van der Waals surface area contributed by atoms with Crippen molar-refractivity contribution in [3.63, 3.8) is 0 Å². The summed E-state index contributed by atoms with van der Waals surface area (Å²) in [7, 11) is 0. The highest BCUT2D eigenvalue weighted by Crippen LogP contribution is 2.28. The Balaban J connectivity index is 1.41. The molecule has 0 spiro atoms. The Kier molecular flexibility index (Phi) is 11.9. The van der Waals surface area contributed by atoms with Crippen LogP contribution < -0.4 is 10.6 Å². The quantitative estimate of drug-likeness (QED) is 0.251. The Labute approximate surface area is 270 Å². The number of benzene rings is 1. The van der Waals surface area contributed by atoms with E-state index in [9.17, 15) is 14.4 Å². The number of carbonyl (C=O) groups is 3. The van der Waals surface area contributed by atoms with E-state index in [1.807, 2.05) is 30.3 Å². The molecule has 2 aliphatic rings. The summed E-state index contributed by atoms with van der Waals surface area (Å²) in [4.78, 5) is 56.3. The van der Waals surface area contributed by atoms with Gasteiger partial charge in [0.2, 0.25) is 17.6 Å². The van der Waals surface area contributed by atoms with Gasteiger partial charge in [-0.15, -0.1) is 0 Å². The summed E-state index contributed by atoms with van der Waals surface area (Å²) in [6, 6.07) is 9.60. The molecule has 1 aliphatic carbocycles. The fourth-order valence-electron chi connectivity index (χ4n) is 6.25. The van der Waals surface area contributed by atoms with Gasteiger partial charge in [0.1, 0.15) is 18.1 Å². The minimum Gasteiger partial charge on any atom is -0.431 e. The van der Waals surface area contributed by atoms with Crippen LogP contribution >= 0.6 is 0 Å². The maximum Gasteiger partial charge on any atom is 0.318 e. The second-order valence-corrected chi connectivity index (χ2v) is 12.8. The van der Waals surface area contributed by atoms with E-state index in [1.165, 1.54) is 12.7 Å². The summed E-state index contributed by atoms with van der Waals surface area (Å²) in [5.41, 5.74) is 2.06. The van der Waals surface area contributed by atoms with Crippen molar-refractivity contribution in [2.24, 2.45) is 11.8 Å². The van der Waals surface area contributed by atoms with Crippen LogP contribution in [0.1, 0.15) is 80.6 Å². The fraction of sp³-hybridized carbons (Fsp3) is 0.543. The van der Waals surface area contributed by atoms with Crippen molar-refractivity contribution in [1.29, 1.82) is 0 Å². The summed E-state index contributed by atoms with van der Waals surface area (Å²) in [6.45, 7) is 5.98. The van der Waals surface area contributed by atoms with Crippen LogP contribution in [-0.4, -0.2) is 76.0 Å². The van der Waals surface area contributed by atoms with Crippen LogP contribution in [0.15, 0.2) is 53.3 Å². The van der Waals surface area contributed by atoms with Gasteiger partial charge in [0, 0.05) is 19.3 Å². The normalized spacial score (nSPS) is 17.0. The number of urea groups is 1. The molecule has 2 N–H and O–H groups in total. The molecule has 1 aromatic carbocycles. The number of Topliss-reactive ketones (excluding diaryl/α,β-unsaturated/α-hetero) is 1. The standard InChI is InChI=1S/C35H46N6O5/c1-24(2)21-29-32(46-34(39-29)28-15-16-36-23-37-28)31(42)27(14-13-25-9-5-3-6-10-25)38-33(43)30(22-26-11-7-4-8-12-26)40-35(44)41-17-19-45-20-18-41/h3,5-6,9-10,15-16,23-24,26-27,30H,4,7-8,11-14,17-22H2,1-2H3,(H,38,43)(H,40,44). The van der Waals surface area contributed by atoms with E-state index >= 15 is 0 Å². The lowest BCUT2D eigenvalue weighted by molar-refractivity contribution is -0.124. The van der Waals surface area contributed by atoms with Gasteiger partial charge in [-0.25, -0.2) is 19.7 Å². The van der Waals surface area contributed by atoms with Gasteiger partial charge in [-0.05, 0) is 49.1 Å². The van der Waals surface area contributed by atoms with Crippen LogP contribution in [0.4, 0.5) is 4.79 Å². The molecule has 1 saturated heterocycles. The van der Waals surface area contributed by atoms with Gasteiger partial charge in [-0.3, -0.25) is 9.59 Å². The lowest BCUT2D eigenvalue weighted by Gasteiger charge is -2.31. The molecule has 2 fully saturated rings. The summed E-state index contributed by atoms with van der Waals surface area (Å²) >= 11 is 0. The Morgan fingerprint density at radius 2 is 1.74 bits per heavy atom. The average Bonchev–Trinajstić information content (AvgIpc) is 3.50. The molecule has 11 heteroatoms. The van der Waals surface area contributed by atoms with E-state index in [1.54, 1.807) is 17.2 Å². The van der Waals surface area contributed by atoms with Gasteiger partial charge in [-0.2, -0.15) is 0 Å². The molecule has 11 nitrogen and oxygen atoms in total. The highest BCUT2D eigenvalue weighted by atomic mass is 16.5. The largest absolute Gasteiger partial charge is 0.431 e. The van der Waals surface area contributed by atoms with Crippen molar-refractivity contribution in [3.05, 3.63) is 65.9 Å². The third-order valence-corrected chi connectivity index (χ3v) is 8.73. The second-order valence-electron chi connectivity index (χ2n) is 12.8. The number of nitrogens with zero attached hydrogens (tertiary/aromatic N) is 4. The molecule has 1 saturated carbocycles. The van der Waals surface area contributed by atoms with E-state index in [4.69, 9.17) is 9.15 Å². The SMILES string of the molecule is CC(C)Cc1nc(-c2ccncn2)oc1C(=O)C(CCc1ccccc1)NC(=O)C(CC1CCCCC1)NC(=O)N1CCOCC1. The third-order valence-electron chi connectivity index (χ3n) is 8.73. The maximum atomic E-state index is 14.3. The molecule has 2 unspecified atom stereocenters. The first-order valence-corrected chi connectivity index (χ1v) is 16.6. The number of hydrogen-bond acceptors (Lipinski definition) is 8. The van der Waals surface area contributed by atoms with Crippen LogP contribution in [0.25, 0.3) is 11.6 Å². The number of oxazole rings is 1. The molecular weight excluding hydrogens is 584 g/mol. The van der Waals surface area contributed by atoms with Gasteiger partial charge in [-0.1, -0.05) is 76.3 Å². The van der Waals surface area contributed by atoms with Crippen LogP contribution in [0, 0.1) is 11.8 Å². The number of rotatable bonds is 13. The van der Waals surface area contributed by atoms with Gasteiger partial charge in [0.05, 0.1) is 24.9 Å². The number of nitrogens with one attached hydrogen (secondary N) is 2. The van der Waals surface area contributed by atoms with Crippen molar-refractivity contribution in [2.45, 2.75) is 83.7 Å². The molecule has 3 heterocycles. The summed E-state index contributed by atoms with van der Waals surface area (Å²) < 4.78 is 11.5. The van der Waals surface area contributed by atoms with Crippen LogP contribution in [0.2, 0.25) is 0 Å². The van der Waals surface area contributed by atoms with Crippen molar-refractivity contribution >= 4 is 17.7 Å². The molecule has 0 bridgehead atoms. The number of morpholine rings is 1. The fourth-order valence-corrected chi connectivity index (χ4v) is 6.25. The summed E-state index contributed by atoms with van der Waals surface area (Å²) in [5, 5.41) is 6.07. The third kappa shape index (κ3) is 9.22. The first kappa shape index (κ1) is 33.2. The van der Waals surface area contributed by atoms with Crippen LogP contribution in [0.5, 0.6) is 0 Å². The molecule has 5 rings (SSSR count). The number of ether oxygens (including phenoxy) is 1. The van der Waals surface area contributed by atoms with Gasteiger partial charge in [0.25, 0.3) is 0 Å². The molecule has 46 heavy (non-hydrogen) atoms. The number of carbonyl (C=O) groups excluding carboxylic acids is 3. The zero-order valence-corrected chi connectivity index (χ0v) is 27.0. The highest BCUT2D eigenvalue weighted by Gasteiger charge is 2.34. The number of ketones is 1. The number of aromatic nitrogens is 3. The van der Waals surface area contributed by atoms with Gasteiger partial charge in [0.15, 0.2) is 5.76 Å². The monoisotopic (exact) mass is 630 g/mol. The molecule has 2 atom stereocenters. The predicted molar refractivity (Wildman–Crippen MR) is 173 cm³/mol. The molecular formula is C35H46N6O5. The Morgan fingerprint density at radius 1 is 0.978 bits per heavy atom. The maximum absolute atomic E-state index is 14.3. The van der Waals surface area contributed by atoms with E-state index in [2.05, 4.69) is 39.4 Å². The van der Waals surface area contributed by atoms with E-state index in [0.29, 0.717) is 69.3 Å². The van der Waals surface area contributed by atoms with Crippen molar-refractivity contribution in [2.75, 3.05) is 26.3 Å². The Hall–Kier alpha value is -4.12. The number of hydrogen-bond donors (Lipinski definition) is 2. The molecule has 246 valence electrons. The smallest absolute Gasteiger partial charge is 0.318 e. The van der Waals surface area contributed by atoms with Crippen molar-refractivity contribution in [3.8, 4) is 11.6 Å². The lowest BCUT2D eigenvalue weighted by Crippen LogP contribution is -2.56. The lowest BCUT2D eigenvalue weighted by atomic mass is 9.84. The van der Waals surface area contributed by atoms with Crippen molar-refractivity contribution in [1.82, 2.24) is 30.5 Å². The van der Waals surface area contributed by atoms with Crippen LogP contribution in [-0.2, 0) is 22.4 Å². The van der Waals surface area contributed by atoms with E-state index < -0.39 is 12.1 Å². The number of aryl methyl sites for hydroxylation is 1. The Bertz CT molecular complexity index is 1420. The minimum atomic E-state index is -0.890. The zero-order valence-electron chi connectivity index (χ0n) is 27.0. The molecule has 0 radical (unpaired) electrons. The van der Waals surface area contributed by atoms with E-state index in [0.717, 1.165) is 31.2 Å². The zero-order chi connectivity index (χ0) is 32.3.